The SMILES string of the molecule is Cc1nn(C)c(C)c1CC(C)C(=O)NC(C)(C)CN. The fourth-order valence-corrected chi connectivity index (χ4v) is 2.02. The third-order valence-corrected chi connectivity index (χ3v) is 3.59. The third kappa shape index (κ3) is 3.80. The molecule has 1 amide bonds. The molecule has 1 heterocycles. The van der Waals surface area contributed by atoms with Crippen molar-refractivity contribution in [2.45, 2.75) is 46.6 Å². The summed E-state index contributed by atoms with van der Waals surface area (Å²) in [5.74, 6) is -0.0504. The second-order valence-electron chi connectivity index (χ2n) is 5.96. The standard InChI is InChI=1S/C14H26N4O/c1-9(13(19)16-14(4,5)8-15)7-12-10(2)17-18(6)11(12)3/h9H,7-8,15H2,1-6H3,(H,16,19). The number of hydrogen-bond donors (Lipinski definition) is 2. The molecule has 1 aromatic heterocycles. The highest BCUT2D eigenvalue weighted by Crippen LogP contribution is 2.17. The number of nitrogens with zero attached hydrogens (tertiary/aromatic N) is 2. The van der Waals surface area contributed by atoms with Gasteiger partial charge in [-0.2, -0.15) is 5.10 Å². The fourth-order valence-electron chi connectivity index (χ4n) is 2.02. The maximum absolute atomic E-state index is 12.2. The number of aromatic nitrogens is 2. The summed E-state index contributed by atoms with van der Waals surface area (Å²) in [6.45, 7) is 10.2. The number of nitrogens with one attached hydrogen (secondary N) is 1. The highest BCUT2D eigenvalue weighted by Gasteiger charge is 2.23. The summed E-state index contributed by atoms with van der Waals surface area (Å²) in [4.78, 5) is 12.2. The smallest absolute Gasteiger partial charge is 0.223 e. The van der Waals surface area contributed by atoms with Crippen molar-refractivity contribution in [1.29, 1.82) is 0 Å². The molecule has 5 nitrogen and oxygen atoms in total. The Morgan fingerprint density at radius 1 is 1.47 bits per heavy atom. The van der Waals surface area contributed by atoms with E-state index in [2.05, 4.69) is 10.4 Å². The van der Waals surface area contributed by atoms with Crippen LogP contribution in [0.1, 0.15) is 37.7 Å². The molecule has 0 spiro atoms. The van der Waals surface area contributed by atoms with Crippen LogP contribution < -0.4 is 11.1 Å². The predicted molar refractivity (Wildman–Crippen MR) is 76.8 cm³/mol. The average Bonchev–Trinajstić information content (AvgIpc) is 2.55. The van der Waals surface area contributed by atoms with Crippen LogP contribution in [0.4, 0.5) is 0 Å². The van der Waals surface area contributed by atoms with E-state index >= 15 is 0 Å². The molecular weight excluding hydrogens is 240 g/mol. The molecule has 0 fully saturated rings. The Kier molecular flexibility index (Phi) is 4.74. The van der Waals surface area contributed by atoms with Gasteiger partial charge in [0.1, 0.15) is 0 Å². The van der Waals surface area contributed by atoms with Gasteiger partial charge < -0.3 is 11.1 Å². The van der Waals surface area contributed by atoms with Gasteiger partial charge in [-0.15, -0.1) is 0 Å². The Balaban J connectivity index is 2.74. The lowest BCUT2D eigenvalue weighted by atomic mass is 9.97. The van der Waals surface area contributed by atoms with Crippen molar-refractivity contribution in [2.75, 3.05) is 6.54 Å². The van der Waals surface area contributed by atoms with Gasteiger partial charge >= 0.3 is 0 Å². The molecule has 19 heavy (non-hydrogen) atoms. The van der Waals surface area contributed by atoms with Crippen molar-refractivity contribution in [3.63, 3.8) is 0 Å². The van der Waals surface area contributed by atoms with Gasteiger partial charge in [-0.05, 0) is 39.7 Å². The van der Waals surface area contributed by atoms with E-state index in [0.29, 0.717) is 13.0 Å². The summed E-state index contributed by atoms with van der Waals surface area (Å²) in [5.41, 5.74) is 8.56. The number of aryl methyl sites for hydroxylation is 2. The van der Waals surface area contributed by atoms with Crippen molar-refractivity contribution < 1.29 is 4.79 Å². The normalized spacial score (nSPS) is 13.4. The first-order valence-corrected chi connectivity index (χ1v) is 6.69. The molecule has 108 valence electrons. The summed E-state index contributed by atoms with van der Waals surface area (Å²) >= 11 is 0. The zero-order valence-corrected chi connectivity index (χ0v) is 12.9. The molecule has 0 aliphatic carbocycles. The van der Waals surface area contributed by atoms with E-state index in [-0.39, 0.29) is 17.4 Å². The third-order valence-electron chi connectivity index (χ3n) is 3.59. The van der Waals surface area contributed by atoms with Crippen molar-refractivity contribution >= 4 is 5.91 Å². The molecule has 1 rings (SSSR count). The van der Waals surface area contributed by atoms with E-state index in [4.69, 9.17) is 5.73 Å². The number of carbonyl (C=O) groups excluding carboxylic acids is 1. The van der Waals surface area contributed by atoms with Gasteiger partial charge in [0.15, 0.2) is 0 Å². The lowest BCUT2D eigenvalue weighted by Crippen LogP contribution is -2.50. The summed E-state index contributed by atoms with van der Waals surface area (Å²) in [7, 11) is 1.92. The molecule has 1 atom stereocenters. The topological polar surface area (TPSA) is 72.9 Å². The molecule has 0 saturated carbocycles. The first-order valence-electron chi connectivity index (χ1n) is 6.69. The summed E-state index contributed by atoms with van der Waals surface area (Å²) in [6.07, 6.45) is 0.706. The van der Waals surface area contributed by atoms with Crippen LogP contribution in [0, 0.1) is 19.8 Å². The molecular formula is C14H26N4O. The molecule has 0 saturated heterocycles. The van der Waals surface area contributed by atoms with Gasteiger partial charge in [0.05, 0.1) is 5.69 Å². The molecule has 1 unspecified atom stereocenters. The lowest BCUT2D eigenvalue weighted by Gasteiger charge is -2.26. The van der Waals surface area contributed by atoms with E-state index < -0.39 is 0 Å². The Morgan fingerprint density at radius 3 is 2.47 bits per heavy atom. The summed E-state index contributed by atoms with van der Waals surface area (Å²) < 4.78 is 1.86. The Bertz CT molecular complexity index is 462. The van der Waals surface area contributed by atoms with Crippen molar-refractivity contribution in [1.82, 2.24) is 15.1 Å². The average molecular weight is 266 g/mol. The molecule has 0 aromatic carbocycles. The maximum atomic E-state index is 12.2. The van der Waals surface area contributed by atoms with Crippen LogP contribution in [-0.4, -0.2) is 27.8 Å². The fraction of sp³-hybridized carbons (Fsp3) is 0.714. The second-order valence-corrected chi connectivity index (χ2v) is 5.96. The molecule has 0 bridgehead atoms. The highest BCUT2D eigenvalue weighted by atomic mass is 16.2. The van der Waals surface area contributed by atoms with Gasteiger partial charge in [-0.3, -0.25) is 9.48 Å². The minimum atomic E-state index is -0.357. The minimum absolute atomic E-state index is 0.0399. The summed E-state index contributed by atoms with van der Waals surface area (Å²) in [5, 5.41) is 7.36. The van der Waals surface area contributed by atoms with Gasteiger partial charge in [0, 0.05) is 30.7 Å². The Hall–Kier alpha value is -1.36. The van der Waals surface area contributed by atoms with E-state index in [1.807, 2.05) is 46.3 Å². The number of nitrogens with two attached hydrogens (primary N) is 1. The summed E-state index contributed by atoms with van der Waals surface area (Å²) in [6, 6.07) is 0. The number of rotatable bonds is 5. The van der Waals surface area contributed by atoms with E-state index in [1.165, 1.54) is 0 Å². The van der Waals surface area contributed by atoms with E-state index in [9.17, 15) is 4.79 Å². The zero-order valence-electron chi connectivity index (χ0n) is 12.9. The van der Waals surface area contributed by atoms with Crippen LogP contribution in [0.2, 0.25) is 0 Å². The first-order chi connectivity index (χ1) is 8.68. The van der Waals surface area contributed by atoms with Gasteiger partial charge in [0.25, 0.3) is 0 Å². The molecule has 5 heteroatoms. The van der Waals surface area contributed by atoms with Gasteiger partial charge in [0.2, 0.25) is 5.91 Å². The van der Waals surface area contributed by atoms with Crippen molar-refractivity contribution in [3.05, 3.63) is 17.0 Å². The van der Waals surface area contributed by atoms with Crippen LogP contribution in [0.15, 0.2) is 0 Å². The monoisotopic (exact) mass is 266 g/mol. The number of carbonyl (C=O) groups is 1. The van der Waals surface area contributed by atoms with Crippen molar-refractivity contribution in [3.8, 4) is 0 Å². The highest BCUT2D eigenvalue weighted by molar-refractivity contribution is 5.79. The Labute approximate surface area is 115 Å². The largest absolute Gasteiger partial charge is 0.350 e. The molecule has 0 radical (unpaired) electrons. The van der Waals surface area contributed by atoms with Gasteiger partial charge in [-0.1, -0.05) is 6.92 Å². The van der Waals surface area contributed by atoms with Crippen LogP contribution >= 0.6 is 0 Å². The maximum Gasteiger partial charge on any atom is 0.223 e. The molecule has 3 N–H and O–H groups in total. The number of amides is 1. The zero-order chi connectivity index (χ0) is 14.8. The predicted octanol–water partition coefficient (Wildman–Crippen LogP) is 1.07. The number of hydrogen-bond acceptors (Lipinski definition) is 3. The van der Waals surface area contributed by atoms with Crippen LogP contribution in [-0.2, 0) is 18.3 Å². The molecule has 1 aromatic rings. The minimum Gasteiger partial charge on any atom is -0.350 e. The van der Waals surface area contributed by atoms with Crippen molar-refractivity contribution in [2.24, 2.45) is 18.7 Å². The first kappa shape index (κ1) is 15.7. The van der Waals surface area contributed by atoms with Crippen LogP contribution in [0.25, 0.3) is 0 Å². The van der Waals surface area contributed by atoms with E-state index in [0.717, 1.165) is 17.0 Å². The van der Waals surface area contributed by atoms with E-state index in [1.54, 1.807) is 0 Å². The van der Waals surface area contributed by atoms with Crippen LogP contribution in [0.3, 0.4) is 0 Å². The molecule has 0 aliphatic heterocycles. The quantitative estimate of drug-likeness (QED) is 0.837. The van der Waals surface area contributed by atoms with Crippen LogP contribution in [0.5, 0.6) is 0 Å². The second kappa shape index (κ2) is 5.74. The lowest BCUT2D eigenvalue weighted by molar-refractivity contribution is -0.126. The van der Waals surface area contributed by atoms with Gasteiger partial charge in [-0.25, -0.2) is 0 Å². The Morgan fingerprint density at radius 2 is 2.05 bits per heavy atom. The molecule has 0 aliphatic rings.